The predicted molar refractivity (Wildman–Crippen MR) is 96.6 cm³/mol. The molecule has 5 nitrogen and oxygen atoms in total. The molecule has 1 unspecified atom stereocenters. The van der Waals surface area contributed by atoms with Crippen LogP contribution in [0.1, 0.15) is 43.5 Å². The van der Waals surface area contributed by atoms with Crippen LogP contribution in [0.15, 0.2) is 24.3 Å². The summed E-state index contributed by atoms with van der Waals surface area (Å²) in [6, 6.07) is 8.52. The normalized spacial score (nSPS) is 42.1. The Morgan fingerprint density at radius 1 is 1.42 bits per heavy atom. The number of nitrogens with one attached hydrogen (secondary N) is 1. The first-order valence-electron chi connectivity index (χ1n) is 9.79. The fourth-order valence-corrected chi connectivity index (χ4v) is 6.68. The number of hydrogen-bond donors (Lipinski definition) is 1. The number of aromatic amines is 1. The van der Waals surface area contributed by atoms with Crippen LogP contribution in [0.2, 0.25) is 0 Å². The van der Waals surface area contributed by atoms with Crippen molar-refractivity contribution in [1.29, 1.82) is 0 Å². The van der Waals surface area contributed by atoms with Crippen LogP contribution in [0, 0.1) is 11.8 Å². The average Bonchev–Trinajstić information content (AvgIpc) is 3.26. The third-order valence-electron chi connectivity index (χ3n) is 7.50. The van der Waals surface area contributed by atoms with E-state index in [1.54, 1.807) is 0 Å². The van der Waals surface area contributed by atoms with Crippen molar-refractivity contribution in [3.63, 3.8) is 0 Å². The van der Waals surface area contributed by atoms with E-state index in [9.17, 15) is 4.79 Å². The predicted octanol–water partition coefficient (Wildman–Crippen LogP) is 3.11. The smallest absolute Gasteiger partial charge is 0.319 e. The van der Waals surface area contributed by atoms with Crippen molar-refractivity contribution >= 4 is 16.9 Å². The molecule has 1 saturated carbocycles. The first-order valence-corrected chi connectivity index (χ1v) is 9.79. The van der Waals surface area contributed by atoms with E-state index in [4.69, 9.17) is 9.47 Å². The highest BCUT2D eigenvalue weighted by Gasteiger charge is 2.69. The minimum atomic E-state index is -0.596. The molecule has 2 aromatic rings. The molecule has 0 radical (unpaired) electrons. The van der Waals surface area contributed by atoms with Crippen molar-refractivity contribution < 1.29 is 14.3 Å². The fourth-order valence-electron chi connectivity index (χ4n) is 6.68. The Balaban J connectivity index is 1.71. The quantitative estimate of drug-likeness (QED) is 0.844. The van der Waals surface area contributed by atoms with Crippen LogP contribution < -0.4 is 0 Å². The summed E-state index contributed by atoms with van der Waals surface area (Å²) in [6.07, 6.45) is 3.27. The second-order valence-electron chi connectivity index (χ2n) is 8.45. The Hall–Kier alpha value is -1.85. The van der Waals surface area contributed by atoms with E-state index < -0.39 is 5.41 Å². The number of carbonyl (C=O) groups excluding carboxylic acids is 1. The van der Waals surface area contributed by atoms with Crippen molar-refractivity contribution in [3.05, 3.63) is 35.5 Å². The van der Waals surface area contributed by atoms with E-state index >= 15 is 0 Å². The van der Waals surface area contributed by atoms with Gasteiger partial charge in [0.05, 0.1) is 13.2 Å². The van der Waals surface area contributed by atoms with Crippen LogP contribution in [0.25, 0.3) is 10.9 Å². The number of piperidine rings is 2. The number of aromatic nitrogens is 1. The van der Waals surface area contributed by atoms with E-state index in [-0.39, 0.29) is 24.3 Å². The molecule has 0 spiro atoms. The van der Waals surface area contributed by atoms with Crippen LogP contribution >= 0.6 is 0 Å². The van der Waals surface area contributed by atoms with Gasteiger partial charge in [-0.1, -0.05) is 31.5 Å². The summed E-state index contributed by atoms with van der Waals surface area (Å²) in [4.78, 5) is 19.5. The molecule has 7 rings (SSSR count). The Kier molecular flexibility index (Phi) is 2.87. The Morgan fingerprint density at radius 2 is 2.27 bits per heavy atom. The van der Waals surface area contributed by atoms with E-state index in [0.717, 1.165) is 37.0 Å². The second-order valence-corrected chi connectivity index (χ2v) is 8.45. The lowest BCUT2D eigenvalue weighted by Crippen LogP contribution is -2.69. The molecular formula is C21H24N2O3. The molecule has 1 aliphatic carbocycles. The Bertz CT molecular complexity index is 921. The van der Waals surface area contributed by atoms with Crippen molar-refractivity contribution in [2.24, 2.45) is 11.8 Å². The third kappa shape index (κ3) is 1.54. The largest absolute Gasteiger partial charge is 0.468 e. The van der Waals surface area contributed by atoms with Gasteiger partial charge in [-0.05, 0) is 24.8 Å². The van der Waals surface area contributed by atoms with Gasteiger partial charge in [0.1, 0.15) is 11.6 Å². The van der Waals surface area contributed by atoms with Gasteiger partial charge in [0, 0.05) is 40.7 Å². The molecule has 1 aromatic carbocycles. The van der Waals surface area contributed by atoms with E-state index in [0.29, 0.717) is 11.8 Å². The zero-order valence-electron chi connectivity index (χ0n) is 15.2. The van der Waals surface area contributed by atoms with E-state index in [1.165, 1.54) is 18.1 Å². The lowest BCUT2D eigenvalue weighted by molar-refractivity contribution is -0.189. The van der Waals surface area contributed by atoms with Gasteiger partial charge in [-0.25, -0.2) is 0 Å². The minimum absolute atomic E-state index is 0.0404. The second kappa shape index (κ2) is 4.90. The van der Waals surface area contributed by atoms with Crippen molar-refractivity contribution in [3.8, 4) is 0 Å². The van der Waals surface area contributed by atoms with Crippen LogP contribution in [0.3, 0.4) is 0 Å². The van der Waals surface area contributed by atoms with Crippen LogP contribution in [-0.4, -0.2) is 41.8 Å². The molecule has 1 N–H and O–H groups in total. The molecule has 3 saturated heterocycles. The monoisotopic (exact) mass is 352 g/mol. The summed E-state index contributed by atoms with van der Waals surface area (Å²) in [5, 5.41) is 1.19. The maximum Gasteiger partial charge on any atom is 0.319 e. The molecule has 5 heteroatoms. The molecule has 7 atom stereocenters. The summed E-state index contributed by atoms with van der Waals surface area (Å²) in [6.45, 7) is 3.14. The molecule has 4 aliphatic heterocycles. The molecule has 4 fully saturated rings. The molecule has 26 heavy (non-hydrogen) atoms. The lowest BCUT2D eigenvalue weighted by Gasteiger charge is -2.59. The van der Waals surface area contributed by atoms with Crippen LogP contribution in [0.5, 0.6) is 0 Å². The molecule has 5 heterocycles. The third-order valence-corrected chi connectivity index (χ3v) is 7.50. The van der Waals surface area contributed by atoms with Gasteiger partial charge in [-0.3, -0.25) is 9.69 Å². The Morgan fingerprint density at radius 3 is 3.08 bits per heavy atom. The van der Waals surface area contributed by atoms with Crippen molar-refractivity contribution in [2.75, 3.05) is 13.7 Å². The summed E-state index contributed by atoms with van der Waals surface area (Å²) in [7, 11) is 1.54. The summed E-state index contributed by atoms with van der Waals surface area (Å²) in [5.74, 6) is 0.821. The van der Waals surface area contributed by atoms with Crippen molar-refractivity contribution in [1.82, 2.24) is 9.88 Å². The summed E-state index contributed by atoms with van der Waals surface area (Å²) < 4.78 is 12.0. The zero-order valence-corrected chi connectivity index (χ0v) is 15.2. The molecular weight excluding hydrogens is 328 g/mol. The Labute approximate surface area is 152 Å². The highest BCUT2D eigenvalue weighted by atomic mass is 16.5. The summed E-state index contributed by atoms with van der Waals surface area (Å²) >= 11 is 0. The first kappa shape index (κ1) is 15.2. The van der Waals surface area contributed by atoms with Gasteiger partial charge in [-0.15, -0.1) is 0 Å². The number of rotatable bonds is 2. The number of para-hydroxylation sites is 1. The number of esters is 1. The molecule has 1 aromatic heterocycles. The molecule has 5 bridgehead atoms. The lowest BCUT2D eigenvalue weighted by atomic mass is 9.55. The summed E-state index contributed by atoms with van der Waals surface area (Å²) in [5.41, 5.74) is 2.75. The van der Waals surface area contributed by atoms with Gasteiger partial charge < -0.3 is 14.5 Å². The van der Waals surface area contributed by atoms with Gasteiger partial charge >= 0.3 is 5.97 Å². The highest BCUT2D eigenvalue weighted by Crippen LogP contribution is 2.62. The van der Waals surface area contributed by atoms with Gasteiger partial charge in [0.25, 0.3) is 0 Å². The first-order chi connectivity index (χ1) is 12.7. The number of benzene rings is 1. The topological polar surface area (TPSA) is 54.6 Å². The highest BCUT2D eigenvalue weighted by molar-refractivity contribution is 5.92. The van der Waals surface area contributed by atoms with Crippen molar-refractivity contribution in [2.45, 2.75) is 50.0 Å². The fraction of sp³-hybridized carbons (Fsp3) is 0.571. The van der Waals surface area contributed by atoms with Crippen LogP contribution in [-0.2, 0) is 19.7 Å². The van der Waals surface area contributed by atoms with Gasteiger partial charge in [0.2, 0.25) is 0 Å². The number of methoxy groups -OCH3 is 1. The minimum Gasteiger partial charge on any atom is -0.468 e. The maximum atomic E-state index is 13.4. The SMILES string of the molecule is CC[C@H]1C[C@@H]2C[C@]3(C(=O)OC)c4[nH]c5ccccc5c4[C@H]4CN([C@@H]13)[C@H]2O4. The van der Waals surface area contributed by atoms with E-state index in [2.05, 4.69) is 35.0 Å². The van der Waals surface area contributed by atoms with Gasteiger partial charge in [-0.2, -0.15) is 0 Å². The van der Waals surface area contributed by atoms with E-state index in [1.807, 2.05) is 6.07 Å². The standard InChI is InChI=1S/C21H24N2O3/c1-3-11-8-12-9-21(20(24)25-2)17-16(13-6-4-5-7-14(13)22-17)15-10-23(18(11)21)19(12)26-15/h4-7,11-12,15,18-19,22H,3,8-10H2,1-2H3/t11-,12+,15+,18-,19-,21-/m0/s1. The molecule has 136 valence electrons. The number of H-pyrrole nitrogens is 1. The number of carbonyl (C=O) groups is 1. The number of hydrogen-bond acceptors (Lipinski definition) is 4. The number of nitrogens with zero attached hydrogens (tertiary/aromatic N) is 1. The van der Waals surface area contributed by atoms with Gasteiger partial charge in [0.15, 0.2) is 0 Å². The van der Waals surface area contributed by atoms with Crippen LogP contribution in [0.4, 0.5) is 0 Å². The number of ether oxygens (including phenoxy) is 2. The average molecular weight is 352 g/mol. The molecule has 0 amide bonds. The maximum absolute atomic E-state index is 13.4. The molecule has 5 aliphatic rings. The zero-order chi connectivity index (χ0) is 17.6. The number of fused-ring (bicyclic) bond motifs is 6.